The van der Waals surface area contributed by atoms with Crippen molar-refractivity contribution < 1.29 is 27.5 Å². The molecule has 0 unspecified atom stereocenters. The number of benzene rings is 1. The molecule has 1 aliphatic rings. The zero-order valence-electron chi connectivity index (χ0n) is 9.69. The summed E-state index contributed by atoms with van der Waals surface area (Å²) in [6, 6.07) is 4.98. The van der Waals surface area contributed by atoms with Crippen LogP contribution in [0.2, 0.25) is 0 Å². The Morgan fingerprint density at radius 2 is 1.79 bits per heavy atom. The number of carbonyl (C=O) groups is 2. The first-order chi connectivity index (χ1) is 8.79. The Bertz CT molecular complexity index is 578. The molecule has 19 heavy (non-hydrogen) atoms. The molecule has 1 heterocycles. The standard InChI is InChI=1S/C12H8F3NO3/c1-7-6-10(17)16(11(7)18)8-4-2-3-5-9(8)19-12(13,14)15/h2-6H,1H3. The molecule has 0 aromatic heterocycles. The van der Waals surface area contributed by atoms with Crippen LogP contribution in [0.4, 0.5) is 18.9 Å². The van der Waals surface area contributed by atoms with Gasteiger partial charge in [0.2, 0.25) is 0 Å². The van der Waals surface area contributed by atoms with Gasteiger partial charge in [-0.3, -0.25) is 9.59 Å². The van der Waals surface area contributed by atoms with Gasteiger partial charge in [-0.15, -0.1) is 13.2 Å². The van der Waals surface area contributed by atoms with Crippen molar-refractivity contribution in [1.29, 1.82) is 0 Å². The van der Waals surface area contributed by atoms with Gasteiger partial charge in [0, 0.05) is 11.6 Å². The van der Waals surface area contributed by atoms with Crippen molar-refractivity contribution in [2.75, 3.05) is 4.90 Å². The molecule has 0 atom stereocenters. The first-order valence-corrected chi connectivity index (χ1v) is 5.21. The molecule has 0 bridgehead atoms. The minimum absolute atomic E-state index is 0.159. The molecule has 0 N–H and O–H groups in total. The highest BCUT2D eigenvalue weighted by atomic mass is 19.4. The molecule has 0 saturated carbocycles. The van der Waals surface area contributed by atoms with E-state index in [1.165, 1.54) is 25.1 Å². The van der Waals surface area contributed by atoms with Crippen LogP contribution in [-0.4, -0.2) is 18.2 Å². The number of para-hydroxylation sites is 2. The van der Waals surface area contributed by atoms with E-state index in [2.05, 4.69) is 4.74 Å². The van der Waals surface area contributed by atoms with Crippen LogP contribution < -0.4 is 9.64 Å². The van der Waals surface area contributed by atoms with Crippen LogP contribution in [0, 0.1) is 0 Å². The normalized spacial score (nSPS) is 15.8. The molecule has 2 rings (SSSR count). The number of amides is 2. The van der Waals surface area contributed by atoms with Gasteiger partial charge in [-0.25, -0.2) is 4.90 Å². The Morgan fingerprint density at radius 1 is 1.16 bits per heavy atom. The topological polar surface area (TPSA) is 46.6 Å². The molecular weight excluding hydrogens is 263 g/mol. The summed E-state index contributed by atoms with van der Waals surface area (Å²) >= 11 is 0. The third-order valence-corrected chi connectivity index (χ3v) is 2.43. The Hall–Kier alpha value is -2.31. The van der Waals surface area contributed by atoms with E-state index in [9.17, 15) is 22.8 Å². The fourth-order valence-corrected chi connectivity index (χ4v) is 1.67. The maximum Gasteiger partial charge on any atom is 0.573 e. The van der Waals surface area contributed by atoms with Crippen molar-refractivity contribution in [3.8, 4) is 5.75 Å². The number of imide groups is 1. The summed E-state index contributed by atoms with van der Waals surface area (Å²) in [5.41, 5.74) is -0.0743. The van der Waals surface area contributed by atoms with Crippen LogP contribution in [0.3, 0.4) is 0 Å². The van der Waals surface area contributed by atoms with E-state index >= 15 is 0 Å². The smallest absolute Gasteiger partial charge is 0.404 e. The number of hydrogen-bond donors (Lipinski definition) is 0. The average molecular weight is 271 g/mol. The van der Waals surface area contributed by atoms with Gasteiger partial charge < -0.3 is 4.74 Å². The molecule has 0 saturated heterocycles. The highest BCUT2D eigenvalue weighted by Crippen LogP contribution is 2.34. The third kappa shape index (κ3) is 2.59. The number of hydrogen-bond acceptors (Lipinski definition) is 3. The number of ether oxygens (including phenoxy) is 1. The first-order valence-electron chi connectivity index (χ1n) is 5.21. The Morgan fingerprint density at radius 3 is 2.32 bits per heavy atom. The molecule has 1 aromatic carbocycles. The van der Waals surface area contributed by atoms with Crippen LogP contribution in [0.15, 0.2) is 35.9 Å². The lowest BCUT2D eigenvalue weighted by molar-refractivity contribution is -0.274. The monoisotopic (exact) mass is 271 g/mol. The Kier molecular flexibility index (Phi) is 3.05. The minimum atomic E-state index is -4.90. The van der Waals surface area contributed by atoms with Crippen LogP contribution in [0.1, 0.15) is 6.92 Å². The molecular formula is C12H8F3NO3. The van der Waals surface area contributed by atoms with Crippen LogP contribution >= 0.6 is 0 Å². The number of alkyl halides is 3. The Labute approximate surface area is 106 Å². The van der Waals surface area contributed by atoms with Gasteiger partial charge in [0.05, 0.1) is 5.69 Å². The molecule has 4 nitrogen and oxygen atoms in total. The summed E-state index contributed by atoms with van der Waals surface area (Å²) in [7, 11) is 0. The number of nitrogens with zero attached hydrogens (tertiary/aromatic N) is 1. The van der Waals surface area contributed by atoms with Crippen molar-refractivity contribution >= 4 is 17.5 Å². The summed E-state index contributed by atoms with van der Waals surface area (Å²) in [5, 5.41) is 0. The molecule has 2 amide bonds. The first kappa shape index (κ1) is 13.1. The minimum Gasteiger partial charge on any atom is -0.404 e. The van der Waals surface area contributed by atoms with Gasteiger partial charge in [-0.05, 0) is 19.1 Å². The van der Waals surface area contributed by atoms with E-state index in [1.807, 2.05) is 0 Å². The maximum atomic E-state index is 12.3. The lowest BCUT2D eigenvalue weighted by Crippen LogP contribution is -2.31. The van der Waals surface area contributed by atoms with Gasteiger partial charge in [-0.2, -0.15) is 0 Å². The molecule has 0 spiro atoms. The van der Waals surface area contributed by atoms with E-state index in [1.54, 1.807) is 0 Å². The zero-order valence-corrected chi connectivity index (χ0v) is 9.69. The summed E-state index contributed by atoms with van der Waals surface area (Å²) in [6.07, 6.45) is -3.84. The van der Waals surface area contributed by atoms with Crippen molar-refractivity contribution in [2.24, 2.45) is 0 Å². The largest absolute Gasteiger partial charge is 0.573 e. The number of halogens is 3. The molecule has 0 fully saturated rings. The number of anilines is 1. The van der Waals surface area contributed by atoms with Gasteiger partial charge in [0.25, 0.3) is 11.8 Å². The van der Waals surface area contributed by atoms with E-state index < -0.39 is 23.9 Å². The highest BCUT2D eigenvalue weighted by molar-refractivity contribution is 6.30. The highest BCUT2D eigenvalue weighted by Gasteiger charge is 2.36. The fourth-order valence-electron chi connectivity index (χ4n) is 1.67. The molecule has 1 aliphatic heterocycles. The number of carbonyl (C=O) groups excluding carboxylic acids is 2. The van der Waals surface area contributed by atoms with E-state index in [0.717, 1.165) is 12.1 Å². The van der Waals surface area contributed by atoms with Crippen molar-refractivity contribution in [3.05, 3.63) is 35.9 Å². The zero-order chi connectivity index (χ0) is 14.2. The molecule has 0 aliphatic carbocycles. The van der Waals surface area contributed by atoms with Gasteiger partial charge in [-0.1, -0.05) is 12.1 Å². The predicted molar refractivity (Wildman–Crippen MR) is 59.4 cm³/mol. The Balaban J connectivity index is 2.41. The van der Waals surface area contributed by atoms with Crippen LogP contribution in [0.25, 0.3) is 0 Å². The summed E-state index contributed by atoms with van der Waals surface area (Å²) in [6.45, 7) is 1.41. The van der Waals surface area contributed by atoms with E-state index in [4.69, 9.17) is 0 Å². The third-order valence-electron chi connectivity index (χ3n) is 2.43. The fraction of sp³-hybridized carbons (Fsp3) is 0.167. The second-order valence-electron chi connectivity index (χ2n) is 3.82. The number of rotatable bonds is 2. The lowest BCUT2D eigenvalue weighted by atomic mass is 10.2. The molecule has 0 radical (unpaired) electrons. The predicted octanol–water partition coefficient (Wildman–Crippen LogP) is 2.40. The molecule has 7 heteroatoms. The quantitative estimate of drug-likeness (QED) is 0.776. The molecule has 100 valence electrons. The summed E-state index contributed by atoms with van der Waals surface area (Å²) in [4.78, 5) is 24.0. The van der Waals surface area contributed by atoms with Crippen molar-refractivity contribution in [1.82, 2.24) is 0 Å². The summed E-state index contributed by atoms with van der Waals surface area (Å²) in [5.74, 6) is -1.95. The van der Waals surface area contributed by atoms with Crippen LogP contribution in [0.5, 0.6) is 5.75 Å². The SMILES string of the molecule is CC1=CC(=O)N(c2ccccc2OC(F)(F)F)C1=O. The summed E-state index contributed by atoms with van der Waals surface area (Å²) < 4.78 is 40.6. The second-order valence-corrected chi connectivity index (χ2v) is 3.82. The van der Waals surface area contributed by atoms with E-state index in [-0.39, 0.29) is 11.3 Å². The van der Waals surface area contributed by atoms with Gasteiger partial charge >= 0.3 is 6.36 Å². The average Bonchev–Trinajstić information content (AvgIpc) is 2.52. The second kappa shape index (κ2) is 4.42. The van der Waals surface area contributed by atoms with Crippen molar-refractivity contribution in [2.45, 2.75) is 13.3 Å². The lowest BCUT2D eigenvalue weighted by Gasteiger charge is -2.19. The molecule has 1 aromatic rings. The maximum absolute atomic E-state index is 12.3. The van der Waals surface area contributed by atoms with Gasteiger partial charge in [0.1, 0.15) is 0 Å². The van der Waals surface area contributed by atoms with Crippen LogP contribution in [-0.2, 0) is 9.59 Å². The van der Waals surface area contributed by atoms with E-state index in [0.29, 0.717) is 4.90 Å². The van der Waals surface area contributed by atoms with Gasteiger partial charge in [0.15, 0.2) is 5.75 Å². The van der Waals surface area contributed by atoms with Crippen molar-refractivity contribution in [3.63, 3.8) is 0 Å².